The van der Waals surface area contributed by atoms with Gasteiger partial charge in [-0.2, -0.15) is 0 Å². The number of amides is 1. The van der Waals surface area contributed by atoms with E-state index < -0.39 is 0 Å². The van der Waals surface area contributed by atoms with Crippen molar-refractivity contribution >= 4 is 45.7 Å². The second kappa shape index (κ2) is 6.41. The first-order chi connectivity index (χ1) is 9.04. The van der Waals surface area contributed by atoms with E-state index in [1.165, 1.54) is 23.1 Å². The molecule has 2 rings (SSSR count). The number of hydrogen-bond donors (Lipinski definition) is 1. The average molecular weight is 313 g/mol. The minimum Gasteiger partial charge on any atom is -0.301 e. The van der Waals surface area contributed by atoms with Crippen LogP contribution in [0.1, 0.15) is 11.8 Å². The third kappa shape index (κ3) is 4.23. The van der Waals surface area contributed by atoms with Crippen molar-refractivity contribution in [2.24, 2.45) is 0 Å². The summed E-state index contributed by atoms with van der Waals surface area (Å²) in [7, 11) is 0. The number of thiazole rings is 1. The second-order valence-corrected chi connectivity index (χ2v) is 7.06. The van der Waals surface area contributed by atoms with E-state index in [1.54, 1.807) is 6.20 Å². The molecule has 100 valence electrons. The molecule has 6 heteroatoms. The third-order valence-corrected chi connectivity index (χ3v) is 4.54. The molecule has 1 aromatic carbocycles. The maximum Gasteiger partial charge on any atom is 0.239 e. The Morgan fingerprint density at radius 3 is 2.68 bits per heavy atom. The van der Waals surface area contributed by atoms with E-state index in [1.807, 2.05) is 38.1 Å². The van der Waals surface area contributed by atoms with Crippen molar-refractivity contribution in [2.45, 2.75) is 24.0 Å². The van der Waals surface area contributed by atoms with Gasteiger partial charge in [0, 0.05) is 21.0 Å². The van der Waals surface area contributed by atoms with Crippen LogP contribution in [0.3, 0.4) is 0 Å². The molecule has 0 aliphatic heterocycles. The number of carbonyl (C=O) groups excluding carboxylic acids is 1. The van der Waals surface area contributed by atoms with Gasteiger partial charge < -0.3 is 5.32 Å². The van der Waals surface area contributed by atoms with Crippen molar-refractivity contribution in [3.05, 3.63) is 40.4 Å². The summed E-state index contributed by atoms with van der Waals surface area (Å²) in [5.74, 6) is -0.0469. The van der Waals surface area contributed by atoms with Gasteiger partial charge in [0.2, 0.25) is 5.91 Å². The Bertz CT molecular complexity index is 568. The molecular weight excluding hydrogens is 300 g/mol. The summed E-state index contributed by atoms with van der Waals surface area (Å²) in [6.07, 6.45) is 1.75. The van der Waals surface area contributed by atoms with Gasteiger partial charge >= 0.3 is 0 Å². The highest BCUT2D eigenvalue weighted by Gasteiger charge is 2.15. The molecule has 0 radical (unpaired) electrons. The molecule has 0 unspecified atom stereocenters. The summed E-state index contributed by atoms with van der Waals surface area (Å²) >= 11 is 8.79. The predicted octanol–water partition coefficient (Wildman–Crippen LogP) is 4.22. The molecule has 1 aromatic heterocycles. The number of aromatic nitrogens is 1. The van der Waals surface area contributed by atoms with Gasteiger partial charge in [-0.3, -0.25) is 4.79 Å². The summed E-state index contributed by atoms with van der Waals surface area (Å²) < 4.78 is 0. The summed E-state index contributed by atoms with van der Waals surface area (Å²) in [5, 5.41) is 3.96. The van der Waals surface area contributed by atoms with E-state index in [2.05, 4.69) is 10.3 Å². The Morgan fingerprint density at radius 1 is 1.42 bits per heavy atom. The number of halogens is 1. The molecule has 0 aliphatic rings. The lowest BCUT2D eigenvalue weighted by Crippen LogP contribution is -2.22. The zero-order valence-electron chi connectivity index (χ0n) is 10.5. The number of nitrogens with zero attached hydrogens (tertiary/aromatic N) is 1. The summed E-state index contributed by atoms with van der Waals surface area (Å²) in [4.78, 5) is 18.2. The largest absolute Gasteiger partial charge is 0.301 e. The minimum atomic E-state index is -0.189. The molecular formula is C13H13ClN2OS2. The van der Waals surface area contributed by atoms with Crippen LogP contribution in [0.2, 0.25) is 5.02 Å². The van der Waals surface area contributed by atoms with E-state index in [9.17, 15) is 4.79 Å². The first-order valence-electron chi connectivity index (χ1n) is 5.70. The van der Waals surface area contributed by atoms with Crippen molar-refractivity contribution in [3.8, 4) is 0 Å². The van der Waals surface area contributed by atoms with Crippen molar-refractivity contribution in [1.82, 2.24) is 4.98 Å². The average Bonchev–Trinajstić information content (AvgIpc) is 2.77. The molecule has 0 bridgehead atoms. The van der Waals surface area contributed by atoms with Crippen LogP contribution in [0.5, 0.6) is 0 Å². The van der Waals surface area contributed by atoms with Crippen molar-refractivity contribution < 1.29 is 4.79 Å². The maximum absolute atomic E-state index is 12.0. The van der Waals surface area contributed by atoms with Gasteiger partial charge in [-0.15, -0.1) is 23.1 Å². The first-order valence-corrected chi connectivity index (χ1v) is 7.77. The van der Waals surface area contributed by atoms with Gasteiger partial charge in [-0.05, 0) is 38.1 Å². The van der Waals surface area contributed by atoms with E-state index in [0.717, 1.165) is 9.77 Å². The standard InChI is InChI=1S/C13H13ClN2OS2/c1-8-7-15-13(18-8)16-12(17)9(2)19-11-5-3-10(14)4-6-11/h3-7,9H,1-2H3,(H,15,16,17)/t9-/m0/s1. The maximum atomic E-state index is 12.0. The smallest absolute Gasteiger partial charge is 0.239 e. The van der Waals surface area contributed by atoms with Gasteiger partial charge in [-0.1, -0.05) is 11.6 Å². The molecule has 19 heavy (non-hydrogen) atoms. The van der Waals surface area contributed by atoms with Gasteiger partial charge in [0.05, 0.1) is 5.25 Å². The second-order valence-electron chi connectivity index (χ2n) is 3.98. The SMILES string of the molecule is Cc1cnc(NC(=O)[C@H](C)Sc2ccc(Cl)cc2)s1. The van der Waals surface area contributed by atoms with E-state index in [-0.39, 0.29) is 11.2 Å². The fraction of sp³-hybridized carbons (Fsp3) is 0.231. The van der Waals surface area contributed by atoms with E-state index in [4.69, 9.17) is 11.6 Å². The van der Waals surface area contributed by atoms with Crippen molar-refractivity contribution in [2.75, 3.05) is 5.32 Å². The zero-order chi connectivity index (χ0) is 13.8. The molecule has 1 amide bonds. The number of aryl methyl sites for hydroxylation is 1. The lowest BCUT2D eigenvalue weighted by molar-refractivity contribution is -0.115. The van der Waals surface area contributed by atoms with Crippen LogP contribution in [0.25, 0.3) is 0 Å². The van der Waals surface area contributed by atoms with Gasteiger partial charge in [0.15, 0.2) is 5.13 Å². The quantitative estimate of drug-likeness (QED) is 0.859. The van der Waals surface area contributed by atoms with Crippen LogP contribution >= 0.6 is 34.7 Å². The van der Waals surface area contributed by atoms with Crippen molar-refractivity contribution in [1.29, 1.82) is 0 Å². The molecule has 0 aliphatic carbocycles. The number of rotatable bonds is 4. The number of benzene rings is 1. The number of hydrogen-bond acceptors (Lipinski definition) is 4. The Balaban J connectivity index is 1.94. The minimum absolute atomic E-state index is 0.0469. The highest BCUT2D eigenvalue weighted by molar-refractivity contribution is 8.00. The monoisotopic (exact) mass is 312 g/mol. The fourth-order valence-electron chi connectivity index (χ4n) is 1.39. The van der Waals surface area contributed by atoms with Gasteiger partial charge in [0.1, 0.15) is 0 Å². The Kier molecular flexibility index (Phi) is 4.85. The normalized spacial score (nSPS) is 12.2. The van der Waals surface area contributed by atoms with Crippen molar-refractivity contribution in [3.63, 3.8) is 0 Å². The summed E-state index contributed by atoms with van der Waals surface area (Å²) in [6, 6.07) is 7.45. The Labute approximate surface area is 125 Å². The molecule has 1 atom stereocenters. The Hall–Kier alpha value is -1.04. The fourth-order valence-corrected chi connectivity index (χ4v) is 3.05. The Morgan fingerprint density at radius 2 is 2.11 bits per heavy atom. The molecule has 0 saturated carbocycles. The van der Waals surface area contributed by atoms with E-state index in [0.29, 0.717) is 10.2 Å². The van der Waals surface area contributed by atoms with Crippen LogP contribution in [-0.4, -0.2) is 16.1 Å². The van der Waals surface area contributed by atoms with Crippen LogP contribution in [0, 0.1) is 6.92 Å². The first kappa shape index (κ1) is 14.4. The van der Waals surface area contributed by atoms with Gasteiger partial charge in [-0.25, -0.2) is 4.98 Å². The topological polar surface area (TPSA) is 42.0 Å². The lowest BCUT2D eigenvalue weighted by atomic mass is 10.4. The number of nitrogens with one attached hydrogen (secondary N) is 1. The van der Waals surface area contributed by atoms with E-state index >= 15 is 0 Å². The summed E-state index contributed by atoms with van der Waals surface area (Å²) in [5.41, 5.74) is 0. The highest BCUT2D eigenvalue weighted by Crippen LogP contribution is 2.26. The van der Waals surface area contributed by atoms with Crippen LogP contribution in [0.15, 0.2) is 35.4 Å². The van der Waals surface area contributed by atoms with Crippen LogP contribution < -0.4 is 5.32 Å². The summed E-state index contributed by atoms with van der Waals surface area (Å²) in [6.45, 7) is 3.83. The number of carbonyl (C=O) groups is 1. The highest BCUT2D eigenvalue weighted by atomic mass is 35.5. The molecule has 0 saturated heterocycles. The lowest BCUT2D eigenvalue weighted by Gasteiger charge is -2.10. The number of anilines is 1. The van der Waals surface area contributed by atoms with Gasteiger partial charge in [0.25, 0.3) is 0 Å². The molecule has 2 aromatic rings. The molecule has 1 heterocycles. The number of thioether (sulfide) groups is 1. The predicted molar refractivity (Wildman–Crippen MR) is 82.3 cm³/mol. The zero-order valence-corrected chi connectivity index (χ0v) is 12.9. The van der Waals surface area contributed by atoms with Crippen LogP contribution in [-0.2, 0) is 4.79 Å². The third-order valence-electron chi connectivity index (χ3n) is 2.35. The molecule has 1 N–H and O–H groups in total. The van der Waals surface area contributed by atoms with Crippen LogP contribution in [0.4, 0.5) is 5.13 Å². The molecule has 0 fully saturated rings. The molecule has 0 spiro atoms. The molecule has 3 nitrogen and oxygen atoms in total.